The molecule has 1 aromatic rings. The third-order valence-electron chi connectivity index (χ3n) is 2.65. The SMILES string of the molecule is O=C(NC1CC(O)C1)c1ccc(Br)cc1O. The van der Waals surface area contributed by atoms with Gasteiger partial charge in [-0.2, -0.15) is 0 Å². The zero-order chi connectivity index (χ0) is 11.7. The van der Waals surface area contributed by atoms with E-state index in [0.717, 1.165) is 4.47 Å². The number of nitrogens with one attached hydrogen (secondary N) is 1. The number of phenolic OH excluding ortho intramolecular Hbond substituents is 1. The summed E-state index contributed by atoms with van der Waals surface area (Å²) in [4.78, 5) is 11.7. The Morgan fingerprint density at radius 2 is 2.12 bits per heavy atom. The van der Waals surface area contributed by atoms with Gasteiger partial charge in [-0.15, -0.1) is 0 Å². The molecular formula is C11H12BrNO3. The van der Waals surface area contributed by atoms with Crippen molar-refractivity contribution in [3.8, 4) is 5.75 Å². The second kappa shape index (κ2) is 4.43. The highest BCUT2D eigenvalue weighted by molar-refractivity contribution is 9.10. The van der Waals surface area contributed by atoms with Gasteiger partial charge in [-0.05, 0) is 31.0 Å². The van der Waals surface area contributed by atoms with Gasteiger partial charge < -0.3 is 15.5 Å². The van der Waals surface area contributed by atoms with Crippen LogP contribution in [0.25, 0.3) is 0 Å². The van der Waals surface area contributed by atoms with Gasteiger partial charge in [0.2, 0.25) is 0 Å². The van der Waals surface area contributed by atoms with Crippen LogP contribution in [-0.4, -0.2) is 28.3 Å². The highest BCUT2D eigenvalue weighted by Crippen LogP contribution is 2.24. The topological polar surface area (TPSA) is 69.6 Å². The maximum absolute atomic E-state index is 11.7. The predicted octanol–water partition coefficient (Wildman–Crippen LogP) is 1.41. The van der Waals surface area contributed by atoms with Gasteiger partial charge in [0.05, 0.1) is 11.7 Å². The van der Waals surface area contributed by atoms with Crippen molar-refractivity contribution in [2.45, 2.75) is 25.0 Å². The van der Waals surface area contributed by atoms with E-state index in [4.69, 9.17) is 5.11 Å². The molecule has 0 spiro atoms. The second-order valence-electron chi connectivity index (χ2n) is 3.96. The first kappa shape index (κ1) is 11.4. The fourth-order valence-corrected chi connectivity index (χ4v) is 2.01. The third-order valence-corrected chi connectivity index (χ3v) is 3.15. The molecule has 3 N–H and O–H groups in total. The molecule has 0 aromatic heterocycles. The van der Waals surface area contributed by atoms with Crippen LogP contribution in [0.3, 0.4) is 0 Å². The summed E-state index contributed by atoms with van der Waals surface area (Å²) in [5, 5.41) is 21.4. The van der Waals surface area contributed by atoms with E-state index in [1.807, 2.05) is 0 Å². The largest absolute Gasteiger partial charge is 0.507 e. The normalized spacial score (nSPS) is 23.6. The first-order valence-corrected chi connectivity index (χ1v) is 5.83. The number of amides is 1. The maximum atomic E-state index is 11.7. The molecular weight excluding hydrogens is 274 g/mol. The summed E-state index contributed by atoms with van der Waals surface area (Å²) in [6.45, 7) is 0. The fourth-order valence-electron chi connectivity index (χ4n) is 1.67. The Bertz CT molecular complexity index is 416. The minimum Gasteiger partial charge on any atom is -0.507 e. The van der Waals surface area contributed by atoms with E-state index in [0.29, 0.717) is 12.8 Å². The van der Waals surface area contributed by atoms with Gasteiger partial charge in [-0.1, -0.05) is 15.9 Å². The second-order valence-corrected chi connectivity index (χ2v) is 4.87. The highest BCUT2D eigenvalue weighted by atomic mass is 79.9. The van der Waals surface area contributed by atoms with Crippen LogP contribution in [0.2, 0.25) is 0 Å². The van der Waals surface area contributed by atoms with Crippen LogP contribution in [-0.2, 0) is 0 Å². The summed E-state index contributed by atoms with van der Waals surface area (Å²) in [6, 6.07) is 4.75. The average molecular weight is 286 g/mol. The number of aliphatic hydroxyl groups is 1. The molecule has 1 aliphatic rings. The van der Waals surface area contributed by atoms with Crippen molar-refractivity contribution in [3.05, 3.63) is 28.2 Å². The van der Waals surface area contributed by atoms with E-state index in [1.165, 1.54) is 6.07 Å². The fraction of sp³-hybridized carbons (Fsp3) is 0.364. The molecule has 0 aliphatic heterocycles. The van der Waals surface area contributed by atoms with E-state index < -0.39 is 0 Å². The zero-order valence-electron chi connectivity index (χ0n) is 8.48. The predicted molar refractivity (Wildman–Crippen MR) is 62.3 cm³/mol. The van der Waals surface area contributed by atoms with Crippen LogP contribution in [0.4, 0.5) is 0 Å². The van der Waals surface area contributed by atoms with Crippen molar-refractivity contribution >= 4 is 21.8 Å². The summed E-state index contributed by atoms with van der Waals surface area (Å²) in [5.74, 6) is -0.353. The Morgan fingerprint density at radius 3 is 2.69 bits per heavy atom. The molecule has 0 bridgehead atoms. The standard InChI is InChI=1S/C11H12BrNO3/c12-6-1-2-9(10(15)3-6)11(16)13-7-4-8(14)5-7/h1-3,7-8,14-15H,4-5H2,(H,13,16). The van der Waals surface area contributed by atoms with E-state index in [-0.39, 0.29) is 29.4 Å². The van der Waals surface area contributed by atoms with Crippen LogP contribution in [0.1, 0.15) is 23.2 Å². The number of hydrogen-bond acceptors (Lipinski definition) is 3. The van der Waals surface area contributed by atoms with Crippen molar-refractivity contribution in [1.82, 2.24) is 5.32 Å². The summed E-state index contributed by atoms with van der Waals surface area (Å²) < 4.78 is 0.723. The monoisotopic (exact) mass is 285 g/mol. The summed E-state index contributed by atoms with van der Waals surface area (Å²) >= 11 is 3.20. The summed E-state index contributed by atoms with van der Waals surface area (Å²) in [5.41, 5.74) is 0.254. The van der Waals surface area contributed by atoms with Gasteiger partial charge >= 0.3 is 0 Å². The van der Waals surface area contributed by atoms with E-state index in [1.54, 1.807) is 12.1 Å². The molecule has 0 saturated heterocycles. The Morgan fingerprint density at radius 1 is 1.44 bits per heavy atom. The Hall–Kier alpha value is -1.07. The number of halogens is 1. The molecule has 5 heteroatoms. The molecule has 16 heavy (non-hydrogen) atoms. The highest BCUT2D eigenvalue weighted by Gasteiger charge is 2.29. The van der Waals surface area contributed by atoms with Crippen LogP contribution in [0.5, 0.6) is 5.75 Å². The zero-order valence-corrected chi connectivity index (χ0v) is 10.1. The average Bonchev–Trinajstić information content (AvgIpc) is 2.15. The van der Waals surface area contributed by atoms with Gasteiger partial charge in [-0.25, -0.2) is 0 Å². The van der Waals surface area contributed by atoms with Crippen molar-refractivity contribution in [2.75, 3.05) is 0 Å². The molecule has 0 heterocycles. The molecule has 86 valence electrons. The maximum Gasteiger partial charge on any atom is 0.255 e. The lowest BCUT2D eigenvalue weighted by molar-refractivity contribution is 0.0562. The molecule has 1 aromatic carbocycles. The number of phenols is 1. The van der Waals surface area contributed by atoms with E-state index in [9.17, 15) is 9.90 Å². The minimum atomic E-state index is -0.304. The van der Waals surface area contributed by atoms with Gasteiger partial charge in [0, 0.05) is 10.5 Å². The minimum absolute atomic E-state index is 0.0190. The quantitative estimate of drug-likeness (QED) is 0.770. The molecule has 0 unspecified atom stereocenters. The number of carbonyl (C=O) groups excluding carboxylic acids is 1. The van der Waals surface area contributed by atoms with Crippen LogP contribution >= 0.6 is 15.9 Å². The van der Waals surface area contributed by atoms with Crippen LogP contribution in [0, 0.1) is 0 Å². The molecule has 0 atom stereocenters. The summed E-state index contributed by atoms with van der Waals surface area (Å²) in [6.07, 6.45) is 0.871. The number of hydrogen-bond donors (Lipinski definition) is 3. The van der Waals surface area contributed by atoms with E-state index in [2.05, 4.69) is 21.2 Å². The third kappa shape index (κ3) is 2.36. The van der Waals surface area contributed by atoms with Crippen molar-refractivity contribution in [2.24, 2.45) is 0 Å². The van der Waals surface area contributed by atoms with Crippen molar-refractivity contribution < 1.29 is 15.0 Å². The molecule has 4 nitrogen and oxygen atoms in total. The molecule has 1 saturated carbocycles. The van der Waals surface area contributed by atoms with Crippen molar-refractivity contribution in [3.63, 3.8) is 0 Å². The number of carbonyl (C=O) groups is 1. The van der Waals surface area contributed by atoms with Crippen molar-refractivity contribution in [1.29, 1.82) is 0 Å². The first-order chi connectivity index (χ1) is 7.56. The lowest BCUT2D eigenvalue weighted by Gasteiger charge is -2.31. The molecule has 0 radical (unpaired) electrons. The van der Waals surface area contributed by atoms with Gasteiger partial charge in [-0.3, -0.25) is 4.79 Å². The first-order valence-electron chi connectivity index (χ1n) is 5.03. The lowest BCUT2D eigenvalue weighted by Crippen LogP contribution is -2.46. The van der Waals surface area contributed by atoms with Gasteiger partial charge in [0.1, 0.15) is 5.75 Å². The van der Waals surface area contributed by atoms with E-state index >= 15 is 0 Å². The number of rotatable bonds is 2. The summed E-state index contributed by atoms with van der Waals surface area (Å²) in [7, 11) is 0. The Balaban J connectivity index is 2.03. The molecule has 1 amide bonds. The smallest absolute Gasteiger partial charge is 0.255 e. The Kier molecular flexibility index (Phi) is 3.16. The number of aromatic hydroxyl groups is 1. The van der Waals surface area contributed by atoms with Crippen LogP contribution in [0.15, 0.2) is 22.7 Å². The Labute approximate surface area is 101 Å². The van der Waals surface area contributed by atoms with Gasteiger partial charge in [0.25, 0.3) is 5.91 Å². The van der Waals surface area contributed by atoms with Crippen LogP contribution < -0.4 is 5.32 Å². The molecule has 2 rings (SSSR count). The lowest BCUT2D eigenvalue weighted by atomic mass is 9.89. The number of benzene rings is 1. The number of aliphatic hydroxyl groups excluding tert-OH is 1. The molecule has 1 aliphatic carbocycles. The molecule has 1 fully saturated rings. The van der Waals surface area contributed by atoms with Gasteiger partial charge in [0.15, 0.2) is 0 Å².